The van der Waals surface area contributed by atoms with E-state index < -0.39 is 0 Å². The Morgan fingerprint density at radius 2 is 0.515 bits per heavy atom. The third-order valence-corrected chi connectivity index (χ3v) is 12.0. The lowest BCUT2D eigenvalue weighted by Gasteiger charge is -2.15. The second kappa shape index (κ2) is 18.1. The van der Waals surface area contributed by atoms with Crippen molar-refractivity contribution >= 4 is 0 Å². The lowest BCUT2D eigenvalue weighted by Crippen LogP contribution is -2.02. The van der Waals surface area contributed by atoms with E-state index in [1.54, 1.807) is 0 Å². The predicted molar refractivity (Wildman–Crippen MR) is 272 cm³/mol. The van der Waals surface area contributed by atoms with Gasteiger partial charge in [-0.15, -0.1) is 0 Å². The van der Waals surface area contributed by atoms with Crippen LogP contribution in [0.2, 0.25) is 0 Å². The van der Waals surface area contributed by atoms with Crippen LogP contribution in [0.4, 0.5) is 0 Å². The zero-order valence-electron chi connectivity index (χ0n) is 36.0. The van der Waals surface area contributed by atoms with Crippen LogP contribution in [0.5, 0.6) is 0 Å². The van der Waals surface area contributed by atoms with Crippen molar-refractivity contribution in [2.45, 2.75) is 0 Å². The summed E-state index contributed by atoms with van der Waals surface area (Å²) < 4.78 is 0. The first kappa shape index (κ1) is 40.0. The summed E-state index contributed by atoms with van der Waals surface area (Å²) in [5.41, 5.74) is 17.6. The highest BCUT2D eigenvalue weighted by atomic mass is 15.0. The molecule has 9 aromatic carbocycles. The molecule has 0 bridgehead atoms. The molecule has 11 rings (SSSR count). The minimum absolute atomic E-state index is 0.588. The van der Waals surface area contributed by atoms with Crippen molar-refractivity contribution in [1.82, 2.24) is 19.9 Å². The van der Waals surface area contributed by atoms with Gasteiger partial charge in [0.15, 0.2) is 17.5 Å². The highest BCUT2D eigenvalue weighted by Crippen LogP contribution is 2.39. The van der Waals surface area contributed by atoms with E-state index in [0.717, 1.165) is 83.7 Å². The van der Waals surface area contributed by atoms with Gasteiger partial charge in [0, 0.05) is 27.8 Å². The molecule has 66 heavy (non-hydrogen) atoms. The summed E-state index contributed by atoms with van der Waals surface area (Å²) in [6.45, 7) is 0. The highest BCUT2D eigenvalue weighted by molar-refractivity contribution is 5.88. The van der Waals surface area contributed by atoms with Crippen LogP contribution < -0.4 is 0 Å². The number of rotatable bonds is 10. The first-order chi connectivity index (χ1) is 32.7. The average molecular weight is 843 g/mol. The Morgan fingerprint density at radius 1 is 0.167 bits per heavy atom. The van der Waals surface area contributed by atoms with Crippen LogP contribution >= 0.6 is 0 Å². The number of hydrogen-bond donors (Lipinski definition) is 0. The van der Waals surface area contributed by atoms with Crippen LogP contribution in [0, 0.1) is 0 Å². The van der Waals surface area contributed by atoms with E-state index in [0.29, 0.717) is 17.5 Å². The quantitative estimate of drug-likeness (QED) is 0.138. The lowest BCUT2D eigenvalue weighted by atomic mass is 9.93. The fraction of sp³-hybridized carbons (Fsp3) is 0. The molecule has 0 N–H and O–H groups in total. The molecule has 4 heteroatoms. The molecule has 4 nitrogen and oxygen atoms in total. The van der Waals surface area contributed by atoms with Crippen LogP contribution in [-0.2, 0) is 0 Å². The summed E-state index contributed by atoms with van der Waals surface area (Å²) >= 11 is 0. The van der Waals surface area contributed by atoms with Gasteiger partial charge >= 0.3 is 0 Å². The van der Waals surface area contributed by atoms with Gasteiger partial charge in [0.1, 0.15) is 0 Å². The van der Waals surface area contributed by atoms with Crippen molar-refractivity contribution < 1.29 is 0 Å². The summed E-state index contributed by atoms with van der Waals surface area (Å²) in [4.78, 5) is 21.2. The SMILES string of the molecule is c1ccc(-c2cccc(-c3cc(-c4ccccc4)nc(-c4ccccc4-c4cccc(-c5nc(-c6ccccc6-c6ccccc6)nc(-c6ccccc6-c6ccccc6)n5)c4)c3)c2)cc1. The monoisotopic (exact) mass is 842 g/mol. The Labute approximate surface area is 385 Å². The largest absolute Gasteiger partial charge is 0.248 e. The fourth-order valence-electron chi connectivity index (χ4n) is 8.73. The Kier molecular flexibility index (Phi) is 10.9. The Balaban J connectivity index is 1.06. The normalized spacial score (nSPS) is 11.0. The Morgan fingerprint density at radius 3 is 1.06 bits per heavy atom. The van der Waals surface area contributed by atoms with Gasteiger partial charge in [-0.2, -0.15) is 0 Å². The second-order valence-electron chi connectivity index (χ2n) is 16.2. The molecule has 0 atom stereocenters. The average Bonchev–Trinajstić information content (AvgIpc) is 3.41. The van der Waals surface area contributed by atoms with E-state index in [-0.39, 0.29) is 0 Å². The van der Waals surface area contributed by atoms with E-state index in [9.17, 15) is 0 Å². The highest BCUT2D eigenvalue weighted by Gasteiger charge is 2.19. The van der Waals surface area contributed by atoms with Gasteiger partial charge in [-0.25, -0.2) is 19.9 Å². The van der Waals surface area contributed by atoms with Gasteiger partial charge in [0.2, 0.25) is 0 Å². The van der Waals surface area contributed by atoms with Crippen molar-refractivity contribution in [2.24, 2.45) is 0 Å². The third-order valence-electron chi connectivity index (χ3n) is 12.0. The van der Waals surface area contributed by atoms with E-state index in [4.69, 9.17) is 19.9 Å². The molecule has 0 amide bonds. The zero-order chi connectivity index (χ0) is 44.1. The summed E-state index contributed by atoms with van der Waals surface area (Å²) in [7, 11) is 0. The van der Waals surface area contributed by atoms with Gasteiger partial charge in [-0.05, 0) is 79.9 Å². The first-order valence-electron chi connectivity index (χ1n) is 22.2. The van der Waals surface area contributed by atoms with E-state index in [1.807, 2.05) is 30.3 Å². The maximum atomic E-state index is 5.37. The maximum Gasteiger partial charge on any atom is 0.164 e. The van der Waals surface area contributed by atoms with Crippen molar-refractivity contribution in [3.8, 4) is 112 Å². The molecule has 2 aromatic heterocycles. The molecule has 0 saturated heterocycles. The molecule has 0 aliphatic carbocycles. The molecular formula is C62H42N4. The van der Waals surface area contributed by atoms with Crippen molar-refractivity contribution in [3.05, 3.63) is 255 Å². The minimum atomic E-state index is 0.588. The fourth-order valence-corrected chi connectivity index (χ4v) is 8.73. The lowest BCUT2D eigenvalue weighted by molar-refractivity contribution is 1.07. The number of hydrogen-bond acceptors (Lipinski definition) is 4. The molecule has 310 valence electrons. The Bertz CT molecular complexity index is 3360. The van der Waals surface area contributed by atoms with Crippen molar-refractivity contribution in [1.29, 1.82) is 0 Å². The summed E-state index contributed by atoms with van der Waals surface area (Å²) in [5, 5.41) is 0. The molecule has 0 spiro atoms. The predicted octanol–water partition coefficient (Wildman–Crippen LogP) is 15.9. The van der Waals surface area contributed by atoms with Gasteiger partial charge in [-0.1, -0.05) is 231 Å². The molecule has 0 unspecified atom stereocenters. The van der Waals surface area contributed by atoms with Gasteiger partial charge in [-0.3, -0.25) is 0 Å². The van der Waals surface area contributed by atoms with Gasteiger partial charge in [0.05, 0.1) is 11.4 Å². The molecule has 11 aromatic rings. The van der Waals surface area contributed by atoms with Gasteiger partial charge in [0.25, 0.3) is 0 Å². The van der Waals surface area contributed by atoms with Crippen LogP contribution in [0.25, 0.3) is 112 Å². The molecule has 2 heterocycles. The molecule has 0 aliphatic heterocycles. The summed E-state index contributed by atoms with van der Waals surface area (Å²) in [6, 6.07) is 88.8. The Hall–Kier alpha value is -8.86. The minimum Gasteiger partial charge on any atom is -0.248 e. The van der Waals surface area contributed by atoms with Crippen LogP contribution in [0.3, 0.4) is 0 Å². The molecule has 0 radical (unpaired) electrons. The molecule has 0 saturated carbocycles. The van der Waals surface area contributed by atoms with Crippen molar-refractivity contribution in [3.63, 3.8) is 0 Å². The number of pyridine rings is 1. The summed E-state index contributed by atoms with van der Waals surface area (Å²) in [5.74, 6) is 1.80. The molecule has 0 aliphatic rings. The van der Waals surface area contributed by atoms with E-state index in [1.165, 1.54) is 11.1 Å². The van der Waals surface area contributed by atoms with E-state index >= 15 is 0 Å². The topological polar surface area (TPSA) is 51.6 Å². The molecular weight excluding hydrogens is 801 g/mol. The maximum absolute atomic E-state index is 5.37. The van der Waals surface area contributed by atoms with Crippen LogP contribution in [0.1, 0.15) is 0 Å². The van der Waals surface area contributed by atoms with Crippen LogP contribution in [0.15, 0.2) is 255 Å². The smallest absolute Gasteiger partial charge is 0.164 e. The number of aromatic nitrogens is 4. The second-order valence-corrected chi connectivity index (χ2v) is 16.2. The standard InChI is InChI=1S/C62H42N4/c1-5-21-43(22-6-1)47-29-19-30-48(39-47)51-41-58(46-27-11-4-12-28-46)63-59(42-51)55-36-16-13-35-54(55)49-31-20-32-50(40-49)60-64-61(56-37-17-14-33-52(56)44-23-7-2-8-24-44)66-62(65-60)57-38-18-15-34-53(57)45-25-9-3-10-26-45/h1-42H. The van der Waals surface area contributed by atoms with Crippen LogP contribution in [-0.4, -0.2) is 19.9 Å². The summed E-state index contributed by atoms with van der Waals surface area (Å²) in [6.07, 6.45) is 0. The zero-order valence-corrected chi connectivity index (χ0v) is 36.0. The first-order valence-corrected chi connectivity index (χ1v) is 22.2. The van der Waals surface area contributed by atoms with E-state index in [2.05, 4.69) is 224 Å². The number of nitrogens with zero attached hydrogens (tertiary/aromatic N) is 4. The third kappa shape index (κ3) is 8.23. The van der Waals surface area contributed by atoms with Crippen molar-refractivity contribution in [2.75, 3.05) is 0 Å². The van der Waals surface area contributed by atoms with Gasteiger partial charge < -0.3 is 0 Å². The number of benzene rings is 9. The molecule has 0 fully saturated rings.